The zero-order valence-electron chi connectivity index (χ0n) is 12.7. The molecule has 4 nitrogen and oxygen atoms in total. The Labute approximate surface area is 126 Å². The number of rotatable bonds is 5. The average Bonchev–Trinajstić information content (AvgIpc) is 3.02. The second-order valence-electron chi connectivity index (χ2n) is 6.07. The molecule has 1 aliphatic rings. The molecule has 0 radical (unpaired) electrons. The lowest BCUT2D eigenvalue weighted by Crippen LogP contribution is -2.27. The Morgan fingerprint density at radius 2 is 2.10 bits per heavy atom. The summed E-state index contributed by atoms with van der Waals surface area (Å²) < 4.78 is 1.84. The summed E-state index contributed by atoms with van der Waals surface area (Å²) in [4.78, 5) is 3.97. The van der Waals surface area contributed by atoms with Crippen molar-refractivity contribution in [3.8, 4) is 0 Å². The molecule has 0 aliphatic heterocycles. The van der Waals surface area contributed by atoms with Gasteiger partial charge in [0.25, 0.3) is 0 Å². The fraction of sp³-hybridized carbons (Fsp3) is 0.529. The highest BCUT2D eigenvalue weighted by Gasteiger charge is 2.20. The average molecular weight is 284 g/mol. The van der Waals surface area contributed by atoms with Crippen LogP contribution in [0.25, 0.3) is 0 Å². The Balaban J connectivity index is 1.56. The van der Waals surface area contributed by atoms with Crippen LogP contribution < -0.4 is 5.32 Å². The van der Waals surface area contributed by atoms with Gasteiger partial charge in [-0.2, -0.15) is 5.10 Å². The number of hydrogen-bond donors (Lipinski definition) is 1. The van der Waals surface area contributed by atoms with Gasteiger partial charge < -0.3 is 5.32 Å². The summed E-state index contributed by atoms with van der Waals surface area (Å²) in [5.74, 6) is 0.905. The molecule has 112 valence electrons. The van der Waals surface area contributed by atoms with Crippen molar-refractivity contribution in [2.75, 3.05) is 5.32 Å². The van der Waals surface area contributed by atoms with Crippen molar-refractivity contribution in [1.82, 2.24) is 14.8 Å². The quantitative estimate of drug-likeness (QED) is 0.910. The monoisotopic (exact) mass is 284 g/mol. The standard InChI is InChI=1S/C17H24N4/c1-2-14-4-3-5-17(10-14)20-16-8-6-15(7-9-16)11-21-13-18-12-19-21/h6-9,12-14,17,20H,2-5,10-11H2,1H3. The minimum absolute atomic E-state index is 0.643. The molecule has 0 bridgehead atoms. The number of nitrogens with one attached hydrogen (secondary N) is 1. The van der Waals surface area contributed by atoms with Crippen molar-refractivity contribution in [1.29, 1.82) is 0 Å². The predicted octanol–water partition coefficient (Wildman–Crippen LogP) is 3.71. The fourth-order valence-electron chi connectivity index (χ4n) is 3.24. The van der Waals surface area contributed by atoms with Gasteiger partial charge in [0.2, 0.25) is 0 Å². The number of hydrogen-bond acceptors (Lipinski definition) is 3. The molecule has 1 fully saturated rings. The summed E-state index contributed by atoms with van der Waals surface area (Å²) in [5, 5.41) is 7.83. The van der Waals surface area contributed by atoms with E-state index in [1.54, 1.807) is 12.7 Å². The third kappa shape index (κ3) is 3.84. The van der Waals surface area contributed by atoms with Gasteiger partial charge in [-0.05, 0) is 36.5 Å². The van der Waals surface area contributed by atoms with Gasteiger partial charge in [-0.1, -0.05) is 38.3 Å². The van der Waals surface area contributed by atoms with E-state index in [9.17, 15) is 0 Å². The van der Waals surface area contributed by atoms with E-state index in [0.717, 1.165) is 12.5 Å². The molecule has 1 heterocycles. The van der Waals surface area contributed by atoms with Gasteiger partial charge in [0.1, 0.15) is 12.7 Å². The van der Waals surface area contributed by atoms with E-state index in [1.165, 1.54) is 43.4 Å². The Bertz CT molecular complexity index is 532. The normalized spacial score (nSPS) is 22.1. The smallest absolute Gasteiger partial charge is 0.137 e. The summed E-state index contributed by atoms with van der Waals surface area (Å²) in [7, 11) is 0. The first-order valence-corrected chi connectivity index (χ1v) is 8.01. The van der Waals surface area contributed by atoms with Gasteiger partial charge in [-0.3, -0.25) is 0 Å². The summed E-state index contributed by atoms with van der Waals surface area (Å²) in [6.45, 7) is 3.09. The number of anilines is 1. The van der Waals surface area contributed by atoms with Crippen molar-refractivity contribution in [2.24, 2.45) is 5.92 Å². The molecule has 21 heavy (non-hydrogen) atoms. The van der Waals surface area contributed by atoms with Crippen molar-refractivity contribution in [3.05, 3.63) is 42.5 Å². The maximum atomic E-state index is 4.14. The van der Waals surface area contributed by atoms with E-state index in [-0.39, 0.29) is 0 Å². The highest BCUT2D eigenvalue weighted by Crippen LogP contribution is 2.28. The molecular weight excluding hydrogens is 260 g/mol. The van der Waals surface area contributed by atoms with Crippen molar-refractivity contribution < 1.29 is 0 Å². The Morgan fingerprint density at radius 1 is 1.24 bits per heavy atom. The van der Waals surface area contributed by atoms with E-state index >= 15 is 0 Å². The van der Waals surface area contributed by atoms with E-state index < -0.39 is 0 Å². The molecule has 1 aromatic carbocycles. The molecule has 0 spiro atoms. The van der Waals surface area contributed by atoms with Gasteiger partial charge in [-0.25, -0.2) is 9.67 Å². The molecule has 1 aromatic heterocycles. The van der Waals surface area contributed by atoms with Gasteiger partial charge in [-0.15, -0.1) is 0 Å². The van der Waals surface area contributed by atoms with Crippen molar-refractivity contribution in [2.45, 2.75) is 51.6 Å². The lowest BCUT2D eigenvalue weighted by molar-refractivity contribution is 0.327. The fourth-order valence-corrected chi connectivity index (χ4v) is 3.24. The summed E-state index contributed by atoms with van der Waals surface area (Å²) in [5.41, 5.74) is 2.49. The molecule has 2 unspecified atom stereocenters. The molecule has 3 rings (SSSR count). The molecule has 1 aliphatic carbocycles. The van der Waals surface area contributed by atoms with Crippen LogP contribution in [0.15, 0.2) is 36.9 Å². The Kier molecular flexibility index (Phi) is 4.53. The molecule has 0 saturated heterocycles. The van der Waals surface area contributed by atoms with Crippen LogP contribution in [0.2, 0.25) is 0 Å². The Hall–Kier alpha value is -1.84. The minimum atomic E-state index is 0.643. The van der Waals surface area contributed by atoms with Crippen LogP contribution in [0, 0.1) is 5.92 Å². The zero-order valence-corrected chi connectivity index (χ0v) is 12.7. The summed E-state index contributed by atoms with van der Waals surface area (Å²) in [6.07, 6.45) is 10.0. The summed E-state index contributed by atoms with van der Waals surface area (Å²) >= 11 is 0. The first-order valence-electron chi connectivity index (χ1n) is 8.01. The third-order valence-corrected chi connectivity index (χ3v) is 4.50. The van der Waals surface area contributed by atoms with Crippen LogP contribution in [0.1, 0.15) is 44.6 Å². The molecule has 0 amide bonds. The molecule has 1 N–H and O–H groups in total. The van der Waals surface area contributed by atoms with Gasteiger partial charge in [0.05, 0.1) is 6.54 Å². The molecular formula is C17H24N4. The van der Waals surface area contributed by atoms with Crippen LogP contribution in [-0.2, 0) is 6.54 Å². The first kappa shape index (κ1) is 14.1. The lowest BCUT2D eigenvalue weighted by Gasteiger charge is -2.29. The molecule has 2 aromatic rings. The highest BCUT2D eigenvalue weighted by atomic mass is 15.3. The molecule has 2 atom stereocenters. The van der Waals surface area contributed by atoms with Gasteiger partial charge >= 0.3 is 0 Å². The number of nitrogens with zero attached hydrogens (tertiary/aromatic N) is 3. The zero-order chi connectivity index (χ0) is 14.5. The highest BCUT2D eigenvalue weighted by molar-refractivity contribution is 5.45. The summed E-state index contributed by atoms with van der Waals surface area (Å²) in [6, 6.07) is 9.35. The minimum Gasteiger partial charge on any atom is -0.382 e. The number of aromatic nitrogens is 3. The maximum absolute atomic E-state index is 4.14. The second kappa shape index (κ2) is 6.74. The maximum Gasteiger partial charge on any atom is 0.137 e. The van der Waals surface area contributed by atoms with E-state index in [1.807, 2.05) is 4.68 Å². The largest absolute Gasteiger partial charge is 0.382 e. The number of benzene rings is 1. The van der Waals surface area contributed by atoms with Gasteiger partial charge in [0.15, 0.2) is 0 Å². The second-order valence-corrected chi connectivity index (χ2v) is 6.07. The van der Waals surface area contributed by atoms with Crippen LogP contribution in [-0.4, -0.2) is 20.8 Å². The van der Waals surface area contributed by atoms with Crippen LogP contribution in [0.5, 0.6) is 0 Å². The topological polar surface area (TPSA) is 42.7 Å². The predicted molar refractivity (Wildman–Crippen MR) is 85.2 cm³/mol. The molecule has 1 saturated carbocycles. The van der Waals surface area contributed by atoms with Gasteiger partial charge in [0, 0.05) is 11.7 Å². The lowest BCUT2D eigenvalue weighted by atomic mass is 9.84. The van der Waals surface area contributed by atoms with E-state index in [4.69, 9.17) is 0 Å². The van der Waals surface area contributed by atoms with Crippen LogP contribution in [0.4, 0.5) is 5.69 Å². The van der Waals surface area contributed by atoms with Crippen molar-refractivity contribution in [3.63, 3.8) is 0 Å². The molecule has 4 heteroatoms. The van der Waals surface area contributed by atoms with Crippen molar-refractivity contribution >= 4 is 5.69 Å². The Morgan fingerprint density at radius 3 is 2.81 bits per heavy atom. The van der Waals surface area contributed by atoms with Crippen LogP contribution in [0.3, 0.4) is 0 Å². The van der Waals surface area contributed by atoms with E-state index in [0.29, 0.717) is 6.04 Å². The first-order chi connectivity index (χ1) is 10.3. The third-order valence-electron chi connectivity index (χ3n) is 4.50. The SMILES string of the molecule is CCC1CCCC(Nc2ccc(Cn3cncn3)cc2)C1. The van der Waals surface area contributed by atoms with Crippen LogP contribution >= 0.6 is 0 Å². The van der Waals surface area contributed by atoms with E-state index in [2.05, 4.69) is 46.6 Å².